The minimum Gasteiger partial charge on any atom is -0.274 e. The average Bonchev–Trinajstić information content (AvgIpc) is 3.18. The third kappa shape index (κ3) is 2.10. The zero-order valence-corrected chi connectivity index (χ0v) is 14.6. The molecule has 0 radical (unpaired) electrons. The third-order valence-corrected chi connectivity index (χ3v) is 6.13. The highest BCUT2D eigenvalue weighted by Gasteiger charge is 2.63. The van der Waals surface area contributed by atoms with Crippen LogP contribution in [-0.2, 0) is 9.59 Å². The fourth-order valence-electron chi connectivity index (χ4n) is 5.03. The number of rotatable bonds is 2. The maximum Gasteiger partial charge on any atom is 0.289 e. The highest BCUT2D eigenvalue weighted by Crippen LogP contribution is 2.60. The van der Waals surface area contributed by atoms with Crippen LogP contribution in [0.15, 0.2) is 29.3 Å². The molecule has 0 unspecified atom stereocenters. The molecule has 0 N–H and O–H groups in total. The Morgan fingerprint density at radius 1 is 1.16 bits per heavy atom. The summed E-state index contributed by atoms with van der Waals surface area (Å²) in [5.41, 5.74) is 2.41. The minimum absolute atomic E-state index is 0.0139. The standard InChI is InChI=1S/C18H17ClN2O4/c1-8(2)14-10-4-5-11(14)16-15(10)17(22)20(18(16)23)9-3-6-12(19)13(7-9)21(24)25/h3,6-7,10-11,15-16H,4-5H2,1-2H3/t10-,11-,15-,16-/m0/s1. The molecule has 6 nitrogen and oxygen atoms in total. The Balaban J connectivity index is 1.76. The first-order valence-electron chi connectivity index (χ1n) is 8.32. The van der Waals surface area contributed by atoms with Crippen LogP contribution in [0.25, 0.3) is 0 Å². The molecule has 2 saturated carbocycles. The van der Waals surface area contributed by atoms with Gasteiger partial charge in [-0.05, 0) is 50.7 Å². The van der Waals surface area contributed by atoms with E-state index in [9.17, 15) is 19.7 Å². The fraction of sp³-hybridized carbons (Fsp3) is 0.444. The largest absolute Gasteiger partial charge is 0.289 e. The molecule has 4 rings (SSSR count). The van der Waals surface area contributed by atoms with Crippen LogP contribution in [0.5, 0.6) is 0 Å². The van der Waals surface area contributed by atoms with E-state index in [2.05, 4.69) is 0 Å². The van der Waals surface area contributed by atoms with Gasteiger partial charge >= 0.3 is 0 Å². The summed E-state index contributed by atoms with van der Waals surface area (Å²) in [7, 11) is 0. The van der Waals surface area contributed by atoms with Crippen LogP contribution in [-0.4, -0.2) is 16.7 Å². The second kappa shape index (κ2) is 5.39. The number of amides is 2. The van der Waals surface area contributed by atoms with Crippen molar-refractivity contribution in [3.63, 3.8) is 0 Å². The maximum atomic E-state index is 13.0. The lowest BCUT2D eigenvalue weighted by Crippen LogP contribution is -2.33. The quantitative estimate of drug-likeness (QED) is 0.348. The van der Waals surface area contributed by atoms with Gasteiger partial charge in [0.25, 0.3) is 5.69 Å². The van der Waals surface area contributed by atoms with E-state index in [0.717, 1.165) is 17.7 Å². The molecule has 3 aliphatic rings. The number of carbonyl (C=O) groups excluding carboxylic acids is 2. The maximum absolute atomic E-state index is 13.0. The van der Waals surface area contributed by atoms with Crippen LogP contribution in [0.3, 0.4) is 0 Å². The Kier molecular flexibility index (Phi) is 3.51. The summed E-state index contributed by atoms with van der Waals surface area (Å²) in [6.07, 6.45) is 1.86. The smallest absolute Gasteiger partial charge is 0.274 e. The molecule has 2 amide bonds. The van der Waals surface area contributed by atoms with Gasteiger partial charge in [-0.1, -0.05) is 22.7 Å². The molecule has 1 heterocycles. The Bertz CT molecular complexity index is 827. The second-order valence-corrected chi connectivity index (χ2v) is 7.61. The summed E-state index contributed by atoms with van der Waals surface area (Å²) < 4.78 is 0. The van der Waals surface area contributed by atoms with Crippen LogP contribution in [0.4, 0.5) is 11.4 Å². The SMILES string of the molecule is CC(C)=C1[C@@H]2CC[C@@H]1[C@@H]1C(=O)N(c3ccc(Cl)c([N+](=O)[O-])c3)C(=O)[C@H]12. The molecule has 3 fully saturated rings. The predicted molar refractivity (Wildman–Crippen MR) is 92.2 cm³/mol. The first kappa shape index (κ1) is 16.3. The van der Waals surface area contributed by atoms with Gasteiger partial charge in [0.05, 0.1) is 22.4 Å². The van der Waals surface area contributed by atoms with Gasteiger partial charge in [0.1, 0.15) is 5.02 Å². The molecule has 2 aliphatic carbocycles. The average molecular weight is 361 g/mol. The molecule has 0 aromatic heterocycles. The van der Waals surface area contributed by atoms with Gasteiger partial charge in [-0.3, -0.25) is 19.7 Å². The highest BCUT2D eigenvalue weighted by molar-refractivity contribution is 6.33. The lowest BCUT2D eigenvalue weighted by Gasteiger charge is -2.19. The van der Waals surface area contributed by atoms with Crippen molar-refractivity contribution in [1.82, 2.24) is 0 Å². The molecule has 1 aromatic rings. The zero-order valence-electron chi connectivity index (χ0n) is 13.9. The van der Waals surface area contributed by atoms with Crippen molar-refractivity contribution >= 4 is 34.8 Å². The van der Waals surface area contributed by atoms with Gasteiger partial charge < -0.3 is 0 Å². The summed E-state index contributed by atoms with van der Waals surface area (Å²) in [4.78, 5) is 37.6. The minimum atomic E-state index is -0.608. The van der Waals surface area contributed by atoms with Gasteiger partial charge in [0, 0.05) is 6.07 Å². The lowest BCUT2D eigenvalue weighted by atomic mass is 9.81. The summed E-state index contributed by atoms with van der Waals surface area (Å²) in [5.74, 6) is -0.876. The van der Waals surface area contributed by atoms with Crippen molar-refractivity contribution in [3.05, 3.63) is 44.5 Å². The van der Waals surface area contributed by atoms with E-state index >= 15 is 0 Å². The summed E-state index contributed by atoms with van der Waals surface area (Å²) >= 11 is 5.84. The molecular weight excluding hydrogens is 344 g/mol. The fourth-order valence-corrected chi connectivity index (χ4v) is 5.21. The number of anilines is 1. The number of carbonyl (C=O) groups is 2. The zero-order chi connectivity index (χ0) is 18.0. The molecule has 1 aromatic carbocycles. The van der Waals surface area contributed by atoms with E-state index in [1.807, 2.05) is 13.8 Å². The van der Waals surface area contributed by atoms with Gasteiger partial charge in [0.2, 0.25) is 11.8 Å². The molecule has 7 heteroatoms. The molecule has 0 spiro atoms. The van der Waals surface area contributed by atoms with Crippen LogP contribution >= 0.6 is 11.6 Å². The van der Waals surface area contributed by atoms with E-state index in [1.165, 1.54) is 29.3 Å². The normalized spacial score (nSPS) is 30.2. The number of fused-ring (bicyclic) bond motifs is 5. The molecule has 25 heavy (non-hydrogen) atoms. The number of imide groups is 1. The monoisotopic (exact) mass is 360 g/mol. The Hall–Kier alpha value is -2.21. The lowest BCUT2D eigenvalue weighted by molar-refractivity contribution is -0.384. The number of benzene rings is 1. The summed E-state index contributed by atoms with van der Waals surface area (Å²) in [5, 5.41) is 11.1. The van der Waals surface area contributed by atoms with Crippen molar-refractivity contribution in [2.45, 2.75) is 26.7 Å². The number of hydrogen-bond acceptors (Lipinski definition) is 4. The number of nitro benzene ring substituents is 1. The van der Waals surface area contributed by atoms with Crippen molar-refractivity contribution < 1.29 is 14.5 Å². The molecule has 130 valence electrons. The van der Waals surface area contributed by atoms with Gasteiger partial charge in [0.15, 0.2) is 0 Å². The third-order valence-electron chi connectivity index (χ3n) is 5.81. The molecular formula is C18H17ClN2O4. The Labute approximate surface area is 149 Å². The van der Waals surface area contributed by atoms with E-state index in [4.69, 9.17) is 11.6 Å². The first-order chi connectivity index (χ1) is 11.8. The highest BCUT2D eigenvalue weighted by atomic mass is 35.5. The first-order valence-corrected chi connectivity index (χ1v) is 8.69. The molecule has 2 bridgehead atoms. The number of hydrogen-bond donors (Lipinski definition) is 0. The Morgan fingerprint density at radius 3 is 2.20 bits per heavy atom. The number of nitrogens with zero attached hydrogens (tertiary/aromatic N) is 2. The van der Waals surface area contributed by atoms with Gasteiger partial charge in [-0.2, -0.15) is 0 Å². The van der Waals surface area contributed by atoms with E-state index in [-0.39, 0.29) is 51.9 Å². The molecule has 1 aliphatic heterocycles. The number of halogens is 1. The van der Waals surface area contributed by atoms with Crippen molar-refractivity contribution in [3.8, 4) is 0 Å². The van der Waals surface area contributed by atoms with E-state index in [0.29, 0.717) is 0 Å². The van der Waals surface area contributed by atoms with Crippen molar-refractivity contribution in [1.29, 1.82) is 0 Å². The Morgan fingerprint density at radius 2 is 1.72 bits per heavy atom. The second-order valence-electron chi connectivity index (χ2n) is 7.20. The van der Waals surface area contributed by atoms with E-state index in [1.54, 1.807) is 0 Å². The molecule has 1 saturated heterocycles. The van der Waals surface area contributed by atoms with Crippen LogP contribution in [0.1, 0.15) is 26.7 Å². The van der Waals surface area contributed by atoms with Crippen molar-refractivity contribution in [2.24, 2.45) is 23.7 Å². The molecule has 4 atom stereocenters. The van der Waals surface area contributed by atoms with Gasteiger partial charge in [-0.15, -0.1) is 0 Å². The van der Waals surface area contributed by atoms with E-state index < -0.39 is 4.92 Å². The number of allylic oxidation sites excluding steroid dienone is 2. The summed E-state index contributed by atoms with van der Waals surface area (Å²) in [6.45, 7) is 4.08. The number of nitro groups is 1. The topological polar surface area (TPSA) is 80.5 Å². The van der Waals surface area contributed by atoms with Gasteiger partial charge in [-0.25, -0.2) is 4.90 Å². The van der Waals surface area contributed by atoms with Crippen LogP contribution < -0.4 is 4.90 Å². The predicted octanol–water partition coefficient (Wildman–Crippen LogP) is 3.73. The summed E-state index contributed by atoms with van der Waals surface area (Å²) in [6, 6.07) is 4.07. The van der Waals surface area contributed by atoms with Crippen molar-refractivity contribution in [2.75, 3.05) is 4.90 Å². The van der Waals surface area contributed by atoms with Crippen LogP contribution in [0, 0.1) is 33.8 Å². The van der Waals surface area contributed by atoms with Crippen LogP contribution in [0.2, 0.25) is 5.02 Å².